The summed E-state index contributed by atoms with van der Waals surface area (Å²) in [6, 6.07) is 14.1. The second-order valence-corrected chi connectivity index (χ2v) is 6.00. The van der Waals surface area contributed by atoms with Crippen LogP contribution in [0.25, 0.3) is 0 Å². The monoisotopic (exact) mass is 350 g/mol. The number of nitrogens with two attached hydrogens (primary N) is 1. The fourth-order valence-corrected chi connectivity index (χ4v) is 2.35. The fourth-order valence-electron chi connectivity index (χ4n) is 2.35. The number of carbonyl (C=O) groups is 1. The lowest BCUT2D eigenvalue weighted by Crippen LogP contribution is -2.33. The van der Waals surface area contributed by atoms with E-state index >= 15 is 0 Å². The molecule has 130 valence electrons. The summed E-state index contributed by atoms with van der Waals surface area (Å²) in [6.07, 6.45) is 0.0195. The zero-order valence-corrected chi connectivity index (χ0v) is 14.8. The topological polar surface area (TPSA) is 55.1 Å². The van der Waals surface area contributed by atoms with Crippen LogP contribution in [0.5, 0.6) is 0 Å². The van der Waals surface area contributed by atoms with Crippen LogP contribution >= 0.6 is 12.4 Å². The Kier molecular flexibility index (Phi) is 7.89. The Balaban J connectivity index is 0.00000288. The fraction of sp³-hybridized carbons (Fsp3) is 0.316. The summed E-state index contributed by atoms with van der Waals surface area (Å²) in [4.78, 5) is 11.9. The van der Waals surface area contributed by atoms with Crippen LogP contribution in [0, 0.1) is 5.82 Å². The Labute approximate surface area is 148 Å². The van der Waals surface area contributed by atoms with Gasteiger partial charge in [-0.3, -0.25) is 4.79 Å². The summed E-state index contributed by atoms with van der Waals surface area (Å²) in [7, 11) is 0. The number of rotatable bonds is 6. The maximum Gasteiger partial charge on any atom is 0.224 e. The molecule has 0 heterocycles. The minimum Gasteiger partial charge on any atom is -0.354 e. The van der Waals surface area contributed by atoms with Crippen LogP contribution in [0.1, 0.15) is 42.5 Å². The van der Waals surface area contributed by atoms with Crippen LogP contribution in [0.2, 0.25) is 0 Å². The number of carbonyl (C=O) groups excluding carboxylic acids is 1. The normalized spacial score (nSPS) is 11.7. The zero-order chi connectivity index (χ0) is 16.8. The summed E-state index contributed by atoms with van der Waals surface area (Å²) in [6.45, 7) is 4.60. The van der Waals surface area contributed by atoms with Gasteiger partial charge in [-0.05, 0) is 28.7 Å². The van der Waals surface area contributed by atoms with Gasteiger partial charge in [0, 0.05) is 12.6 Å². The number of nitrogens with one attached hydrogen (secondary N) is 1. The van der Waals surface area contributed by atoms with E-state index in [1.54, 1.807) is 18.2 Å². The third-order valence-corrected chi connectivity index (χ3v) is 3.86. The maximum atomic E-state index is 13.5. The Morgan fingerprint density at radius 1 is 1.08 bits per heavy atom. The van der Waals surface area contributed by atoms with Gasteiger partial charge in [-0.2, -0.15) is 0 Å². The predicted molar refractivity (Wildman–Crippen MR) is 97.8 cm³/mol. The van der Waals surface area contributed by atoms with Crippen molar-refractivity contribution in [2.24, 2.45) is 5.73 Å². The standard InChI is InChI=1S/C19H23FN2O.ClH/c1-13(2)14-7-9-15(10-8-14)18(21)12-22-19(23)11-16-5-3-4-6-17(16)20;/h3-10,13,18H,11-12,21H2,1-2H3,(H,22,23);1H. The number of hydrogen-bond acceptors (Lipinski definition) is 2. The highest BCUT2D eigenvalue weighted by Gasteiger charge is 2.11. The zero-order valence-electron chi connectivity index (χ0n) is 14.0. The molecule has 0 aromatic heterocycles. The van der Waals surface area contributed by atoms with E-state index in [9.17, 15) is 9.18 Å². The third-order valence-electron chi connectivity index (χ3n) is 3.86. The van der Waals surface area contributed by atoms with Crippen molar-refractivity contribution >= 4 is 18.3 Å². The number of halogens is 2. The van der Waals surface area contributed by atoms with E-state index in [0.29, 0.717) is 18.0 Å². The van der Waals surface area contributed by atoms with Crippen molar-refractivity contribution in [3.63, 3.8) is 0 Å². The largest absolute Gasteiger partial charge is 0.354 e. The molecule has 1 amide bonds. The minimum atomic E-state index is -0.365. The van der Waals surface area contributed by atoms with Gasteiger partial charge in [0.2, 0.25) is 5.91 Å². The van der Waals surface area contributed by atoms with Crippen molar-refractivity contribution in [3.8, 4) is 0 Å². The highest BCUT2D eigenvalue weighted by atomic mass is 35.5. The number of benzene rings is 2. The quantitative estimate of drug-likeness (QED) is 0.834. The molecule has 0 radical (unpaired) electrons. The van der Waals surface area contributed by atoms with Gasteiger partial charge in [0.1, 0.15) is 5.82 Å². The lowest BCUT2D eigenvalue weighted by atomic mass is 9.99. The van der Waals surface area contributed by atoms with Crippen molar-refractivity contribution in [1.29, 1.82) is 0 Å². The van der Waals surface area contributed by atoms with Gasteiger partial charge in [0.05, 0.1) is 6.42 Å². The van der Waals surface area contributed by atoms with E-state index in [2.05, 4.69) is 31.3 Å². The molecule has 3 N–H and O–H groups in total. The van der Waals surface area contributed by atoms with Crippen LogP contribution < -0.4 is 11.1 Å². The van der Waals surface area contributed by atoms with E-state index in [1.807, 2.05) is 12.1 Å². The summed E-state index contributed by atoms with van der Waals surface area (Å²) < 4.78 is 13.5. The van der Waals surface area contributed by atoms with E-state index in [4.69, 9.17) is 5.73 Å². The molecule has 1 unspecified atom stereocenters. The first-order chi connectivity index (χ1) is 11.0. The lowest BCUT2D eigenvalue weighted by molar-refractivity contribution is -0.120. The molecular weight excluding hydrogens is 327 g/mol. The Hall–Kier alpha value is -1.91. The molecule has 0 aliphatic carbocycles. The molecule has 0 saturated heterocycles. The molecule has 2 aromatic rings. The van der Waals surface area contributed by atoms with Crippen LogP contribution in [-0.2, 0) is 11.2 Å². The molecule has 0 aliphatic heterocycles. The molecule has 0 spiro atoms. The van der Waals surface area contributed by atoms with E-state index in [0.717, 1.165) is 5.56 Å². The molecule has 5 heteroatoms. The van der Waals surface area contributed by atoms with Crippen molar-refractivity contribution < 1.29 is 9.18 Å². The molecule has 24 heavy (non-hydrogen) atoms. The first-order valence-electron chi connectivity index (χ1n) is 7.83. The Bertz CT molecular complexity index is 659. The second kappa shape index (κ2) is 9.40. The summed E-state index contributed by atoms with van der Waals surface area (Å²) in [5.74, 6) is -0.124. The second-order valence-electron chi connectivity index (χ2n) is 6.00. The maximum absolute atomic E-state index is 13.5. The number of hydrogen-bond donors (Lipinski definition) is 2. The highest BCUT2D eigenvalue weighted by Crippen LogP contribution is 2.17. The van der Waals surface area contributed by atoms with Crippen molar-refractivity contribution in [2.75, 3.05) is 6.54 Å². The molecule has 2 aromatic carbocycles. The van der Waals surface area contributed by atoms with Gasteiger partial charge in [0.15, 0.2) is 0 Å². The molecule has 0 fully saturated rings. The van der Waals surface area contributed by atoms with E-state index in [-0.39, 0.29) is 36.6 Å². The Morgan fingerprint density at radius 3 is 2.25 bits per heavy atom. The van der Waals surface area contributed by atoms with Crippen molar-refractivity contribution in [2.45, 2.75) is 32.2 Å². The van der Waals surface area contributed by atoms with E-state index in [1.165, 1.54) is 11.6 Å². The van der Waals surface area contributed by atoms with Crippen LogP contribution in [0.3, 0.4) is 0 Å². The van der Waals surface area contributed by atoms with Gasteiger partial charge in [0.25, 0.3) is 0 Å². The van der Waals surface area contributed by atoms with Crippen LogP contribution in [-0.4, -0.2) is 12.5 Å². The number of amides is 1. The SMILES string of the molecule is CC(C)c1ccc(C(N)CNC(=O)Cc2ccccc2F)cc1.Cl. The Morgan fingerprint density at radius 2 is 1.67 bits per heavy atom. The van der Waals surface area contributed by atoms with Crippen molar-refractivity contribution in [1.82, 2.24) is 5.32 Å². The van der Waals surface area contributed by atoms with Gasteiger partial charge < -0.3 is 11.1 Å². The molecule has 0 bridgehead atoms. The molecule has 2 rings (SSSR count). The lowest BCUT2D eigenvalue weighted by Gasteiger charge is -2.15. The average molecular weight is 351 g/mol. The molecular formula is C19H24ClFN2O. The summed E-state index contributed by atoms with van der Waals surface area (Å²) in [5.41, 5.74) is 8.72. The van der Waals surface area contributed by atoms with Gasteiger partial charge in [-0.25, -0.2) is 4.39 Å². The summed E-state index contributed by atoms with van der Waals surface area (Å²) in [5, 5.41) is 2.76. The molecule has 0 aliphatic rings. The predicted octanol–water partition coefficient (Wildman–Crippen LogP) is 3.73. The summed E-state index contributed by atoms with van der Waals surface area (Å²) >= 11 is 0. The third kappa shape index (κ3) is 5.62. The first-order valence-corrected chi connectivity index (χ1v) is 7.83. The minimum absolute atomic E-state index is 0. The van der Waals surface area contributed by atoms with Gasteiger partial charge >= 0.3 is 0 Å². The smallest absolute Gasteiger partial charge is 0.224 e. The highest BCUT2D eigenvalue weighted by molar-refractivity contribution is 5.85. The first kappa shape index (κ1) is 20.1. The van der Waals surface area contributed by atoms with Gasteiger partial charge in [-0.15, -0.1) is 12.4 Å². The molecule has 3 nitrogen and oxygen atoms in total. The molecule has 0 saturated carbocycles. The average Bonchev–Trinajstić information content (AvgIpc) is 2.55. The van der Waals surface area contributed by atoms with E-state index < -0.39 is 0 Å². The van der Waals surface area contributed by atoms with Crippen molar-refractivity contribution in [3.05, 3.63) is 71.0 Å². The van der Waals surface area contributed by atoms with Crippen LogP contribution in [0.15, 0.2) is 48.5 Å². The molecule has 1 atom stereocenters. The van der Waals surface area contributed by atoms with Gasteiger partial charge in [-0.1, -0.05) is 56.3 Å². The van der Waals surface area contributed by atoms with Crippen LogP contribution in [0.4, 0.5) is 4.39 Å².